The van der Waals surface area contributed by atoms with Crippen LogP contribution in [0.5, 0.6) is 0 Å². The van der Waals surface area contributed by atoms with Crippen molar-refractivity contribution >= 4 is 16.0 Å². The molecule has 1 saturated carbocycles. The van der Waals surface area contributed by atoms with Gasteiger partial charge >= 0.3 is 5.97 Å². The van der Waals surface area contributed by atoms with Gasteiger partial charge in [0.15, 0.2) is 0 Å². The molecule has 6 heteroatoms. The summed E-state index contributed by atoms with van der Waals surface area (Å²) in [6.45, 7) is 4.78. The summed E-state index contributed by atoms with van der Waals surface area (Å²) in [5.41, 5.74) is 0. The molecule has 0 saturated heterocycles. The van der Waals surface area contributed by atoms with Crippen LogP contribution < -0.4 is 0 Å². The first-order valence-electron chi connectivity index (χ1n) is 6.93. The lowest BCUT2D eigenvalue weighted by Crippen LogP contribution is -2.36. The second-order valence-corrected chi connectivity index (χ2v) is 7.56. The Hall–Kier alpha value is -0.620. The Kier molecular flexibility index (Phi) is 6.26. The van der Waals surface area contributed by atoms with Gasteiger partial charge in [0.1, 0.15) is 0 Å². The number of rotatable bonds is 9. The molecule has 0 atom stereocenters. The molecule has 0 aromatic rings. The molecule has 0 aliphatic heterocycles. The maximum atomic E-state index is 12.3. The number of methoxy groups -OCH3 is 1. The lowest BCUT2D eigenvalue weighted by atomic mass is 10.1. The molecule has 0 unspecified atom stereocenters. The molecular weight excluding hydrogens is 266 g/mol. The lowest BCUT2D eigenvalue weighted by molar-refractivity contribution is -0.140. The summed E-state index contributed by atoms with van der Waals surface area (Å²) in [5.74, 6) is 0.179. The minimum Gasteiger partial charge on any atom is -0.469 e. The predicted octanol–water partition coefficient (Wildman–Crippen LogP) is 1.78. The van der Waals surface area contributed by atoms with E-state index in [2.05, 4.69) is 18.6 Å². The van der Waals surface area contributed by atoms with Crippen LogP contribution in [0.1, 0.15) is 46.0 Å². The van der Waals surface area contributed by atoms with Crippen LogP contribution in [-0.4, -0.2) is 44.1 Å². The van der Waals surface area contributed by atoms with Crippen LogP contribution in [0.25, 0.3) is 0 Å². The van der Waals surface area contributed by atoms with Crippen molar-refractivity contribution < 1.29 is 17.9 Å². The highest BCUT2D eigenvalue weighted by atomic mass is 32.2. The van der Waals surface area contributed by atoms with Gasteiger partial charge in [0.2, 0.25) is 10.0 Å². The minimum atomic E-state index is -3.23. The highest BCUT2D eigenvalue weighted by Gasteiger charge is 2.36. The highest BCUT2D eigenvalue weighted by Crippen LogP contribution is 2.30. The largest absolute Gasteiger partial charge is 0.469 e. The Morgan fingerprint density at radius 1 is 1.37 bits per heavy atom. The Bertz CT molecular complexity index is 387. The normalized spacial score (nSPS) is 16.1. The second-order valence-electron chi connectivity index (χ2n) is 5.52. The van der Waals surface area contributed by atoms with Gasteiger partial charge in [-0.2, -0.15) is 4.31 Å². The van der Waals surface area contributed by atoms with Gasteiger partial charge in [0.05, 0.1) is 12.9 Å². The van der Waals surface area contributed by atoms with E-state index in [4.69, 9.17) is 0 Å². The van der Waals surface area contributed by atoms with Crippen molar-refractivity contribution in [3.05, 3.63) is 0 Å². The van der Waals surface area contributed by atoms with Crippen molar-refractivity contribution in [2.45, 2.75) is 52.0 Å². The van der Waals surface area contributed by atoms with Gasteiger partial charge in [-0.3, -0.25) is 4.79 Å². The average molecular weight is 291 g/mol. The van der Waals surface area contributed by atoms with E-state index in [0.717, 1.165) is 19.3 Å². The Labute approximate surface area is 116 Å². The molecule has 0 aromatic carbocycles. The Morgan fingerprint density at radius 3 is 2.47 bits per heavy atom. The Morgan fingerprint density at radius 2 is 2.00 bits per heavy atom. The first-order chi connectivity index (χ1) is 8.86. The summed E-state index contributed by atoms with van der Waals surface area (Å²) < 4.78 is 30.7. The molecule has 1 rings (SSSR count). The third-order valence-corrected chi connectivity index (χ3v) is 5.25. The zero-order valence-corrected chi connectivity index (χ0v) is 12.9. The van der Waals surface area contributed by atoms with Crippen LogP contribution >= 0.6 is 0 Å². The third kappa shape index (κ3) is 5.91. The number of nitrogens with zero attached hydrogens (tertiary/aromatic N) is 1. The molecule has 0 bridgehead atoms. The fourth-order valence-electron chi connectivity index (χ4n) is 1.91. The van der Waals surface area contributed by atoms with E-state index in [9.17, 15) is 13.2 Å². The van der Waals surface area contributed by atoms with Gasteiger partial charge < -0.3 is 4.74 Å². The van der Waals surface area contributed by atoms with E-state index in [1.165, 1.54) is 7.11 Å². The molecule has 5 nitrogen and oxygen atoms in total. The standard InChI is InChI=1S/C13H25NO4S/c1-11(2)8-9-14(12-6-7-12)19(16,17)10-4-5-13(15)18-3/h11-12H,4-10H2,1-3H3. The molecule has 0 radical (unpaired) electrons. The van der Waals surface area contributed by atoms with Crippen molar-refractivity contribution in [2.75, 3.05) is 19.4 Å². The molecule has 112 valence electrons. The number of hydrogen-bond acceptors (Lipinski definition) is 4. The van der Waals surface area contributed by atoms with Crippen LogP contribution in [0.3, 0.4) is 0 Å². The SMILES string of the molecule is COC(=O)CCCS(=O)(=O)N(CCC(C)C)C1CC1. The average Bonchev–Trinajstić information content (AvgIpc) is 3.12. The first-order valence-corrected chi connectivity index (χ1v) is 8.54. The van der Waals surface area contributed by atoms with Gasteiger partial charge in [0.25, 0.3) is 0 Å². The number of sulfonamides is 1. The summed E-state index contributed by atoms with van der Waals surface area (Å²) in [4.78, 5) is 11.0. The fraction of sp³-hybridized carbons (Fsp3) is 0.923. The van der Waals surface area contributed by atoms with Crippen LogP contribution in [0.15, 0.2) is 0 Å². The van der Waals surface area contributed by atoms with E-state index < -0.39 is 10.0 Å². The lowest BCUT2D eigenvalue weighted by Gasteiger charge is -2.22. The van der Waals surface area contributed by atoms with Crippen molar-refractivity contribution in [1.82, 2.24) is 4.31 Å². The predicted molar refractivity (Wildman–Crippen MR) is 74.2 cm³/mol. The van der Waals surface area contributed by atoms with Gasteiger partial charge in [0, 0.05) is 19.0 Å². The van der Waals surface area contributed by atoms with E-state index >= 15 is 0 Å². The minimum absolute atomic E-state index is 0.0384. The third-order valence-electron chi connectivity index (χ3n) is 3.25. The van der Waals surface area contributed by atoms with Crippen molar-refractivity contribution in [3.8, 4) is 0 Å². The molecule has 1 aliphatic carbocycles. The monoisotopic (exact) mass is 291 g/mol. The number of esters is 1. The van der Waals surface area contributed by atoms with E-state index in [1.54, 1.807) is 4.31 Å². The molecule has 1 aliphatic rings. The van der Waals surface area contributed by atoms with E-state index in [0.29, 0.717) is 18.9 Å². The molecule has 0 N–H and O–H groups in total. The van der Waals surface area contributed by atoms with Crippen molar-refractivity contribution in [1.29, 1.82) is 0 Å². The van der Waals surface area contributed by atoms with E-state index in [1.807, 2.05) is 0 Å². The van der Waals surface area contributed by atoms with Crippen LogP contribution in [0.2, 0.25) is 0 Å². The maximum Gasteiger partial charge on any atom is 0.305 e. The van der Waals surface area contributed by atoms with Crippen LogP contribution in [-0.2, 0) is 19.6 Å². The quantitative estimate of drug-likeness (QED) is 0.607. The zero-order chi connectivity index (χ0) is 14.5. The van der Waals surface area contributed by atoms with Crippen LogP contribution in [0.4, 0.5) is 0 Å². The van der Waals surface area contributed by atoms with Gasteiger partial charge in [-0.15, -0.1) is 0 Å². The summed E-state index contributed by atoms with van der Waals surface area (Å²) >= 11 is 0. The fourth-order valence-corrected chi connectivity index (χ4v) is 3.71. The summed E-state index contributed by atoms with van der Waals surface area (Å²) in [6, 6.07) is 0.196. The zero-order valence-electron chi connectivity index (χ0n) is 12.1. The topological polar surface area (TPSA) is 63.7 Å². The molecular formula is C13H25NO4S. The number of ether oxygens (including phenoxy) is 1. The summed E-state index contributed by atoms with van der Waals surface area (Å²) in [5, 5.41) is 0. The smallest absolute Gasteiger partial charge is 0.305 e. The summed E-state index contributed by atoms with van der Waals surface area (Å²) in [7, 11) is -1.92. The van der Waals surface area contributed by atoms with Gasteiger partial charge in [-0.05, 0) is 31.6 Å². The molecule has 0 heterocycles. The first kappa shape index (κ1) is 16.4. The molecule has 0 amide bonds. The second kappa shape index (κ2) is 7.24. The maximum absolute atomic E-state index is 12.3. The van der Waals surface area contributed by atoms with Crippen molar-refractivity contribution in [3.63, 3.8) is 0 Å². The molecule has 0 spiro atoms. The number of carbonyl (C=O) groups excluding carboxylic acids is 1. The highest BCUT2D eigenvalue weighted by molar-refractivity contribution is 7.89. The number of hydrogen-bond donors (Lipinski definition) is 0. The molecule has 19 heavy (non-hydrogen) atoms. The Balaban J connectivity index is 2.48. The summed E-state index contributed by atoms with van der Waals surface area (Å²) in [6.07, 6.45) is 3.31. The van der Waals surface area contributed by atoms with Crippen LogP contribution in [0, 0.1) is 5.92 Å². The van der Waals surface area contributed by atoms with E-state index in [-0.39, 0.29) is 24.2 Å². The molecule has 1 fully saturated rings. The number of carbonyl (C=O) groups is 1. The molecule has 0 aromatic heterocycles. The van der Waals surface area contributed by atoms with Gasteiger partial charge in [-0.25, -0.2) is 8.42 Å². The van der Waals surface area contributed by atoms with Crippen molar-refractivity contribution in [2.24, 2.45) is 5.92 Å². The van der Waals surface area contributed by atoms with Gasteiger partial charge in [-0.1, -0.05) is 13.8 Å².